The van der Waals surface area contributed by atoms with Gasteiger partial charge in [-0.1, -0.05) is 28.1 Å². The number of nitrogens with zero attached hydrogens (tertiary/aromatic N) is 2. The third kappa shape index (κ3) is 2.91. The van der Waals surface area contributed by atoms with Crippen LogP contribution in [0.2, 0.25) is 0 Å². The van der Waals surface area contributed by atoms with E-state index in [4.69, 9.17) is 0 Å². The lowest BCUT2D eigenvalue weighted by atomic mass is 10.1. The van der Waals surface area contributed by atoms with Crippen molar-refractivity contribution < 1.29 is 4.79 Å². The first-order valence-corrected chi connectivity index (χ1v) is 6.49. The van der Waals surface area contributed by atoms with Crippen molar-refractivity contribution in [2.75, 3.05) is 0 Å². The van der Waals surface area contributed by atoms with Crippen molar-refractivity contribution in [2.24, 2.45) is 0 Å². The number of hydrogen-bond donors (Lipinski definition) is 0. The molecule has 3 nitrogen and oxygen atoms in total. The Kier molecular flexibility index (Phi) is 3.75. The van der Waals surface area contributed by atoms with Crippen molar-refractivity contribution in [1.82, 2.24) is 9.78 Å². The lowest BCUT2D eigenvalue weighted by molar-refractivity contribution is 0.0967. The zero-order valence-corrected chi connectivity index (χ0v) is 12.0. The maximum atomic E-state index is 11.9. The van der Waals surface area contributed by atoms with E-state index < -0.39 is 0 Å². The maximum absolute atomic E-state index is 11.9. The number of benzene rings is 1. The third-order valence-corrected chi connectivity index (χ3v) is 3.10. The minimum atomic E-state index is 0.0563. The van der Waals surface area contributed by atoms with Crippen LogP contribution in [0, 0.1) is 3.57 Å². The monoisotopic (exact) mass is 390 g/mol. The SMILES string of the molecule is O=C(Cn1cc(I)cn1)c1cccc(Br)c1. The Bertz CT molecular complexity index is 524. The predicted molar refractivity (Wildman–Crippen MR) is 73.4 cm³/mol. The van der Waals surface area contributed by atoms with Gasteiger partial charge in [-0.15, -0.1) is 0 Å². The molecule has 0 saturated heterocycles. The lowest BCUT2D eigenvalue weighted by Gasteiger charge is -2.01. The first-order chi connectivity index (χ1) is 7.65. The van der Waals surface area contributed by atoms with Gasteiger partial charge in [0.15, 0.2) is 5.78 Å². The number of hydrogen-bond acceptors (Lipinski definition) is 2. The molecule has 0 aliphatic carbocycles. The Morgan fingerprint density at radius 1 is 1.50 bits per heavy atom. The number of Topliss-reactive ketones (excluding diaryl/α,β-unsaturated/α-hetero) is 1. The van der Waals surface area contributed by atoms with Crippen LogP contribution in [0.3, 0.4) is 0 Å². The second kappa shape index (κ2) is 5.09. The largest absolute Gasteiger partial charge is 0.292 e. The molecule has 0 aliphatic heterocycles. The summed E-state index contributed by atoms with van der Waals surface area (Å²) in [6.07, 6.45) is 3.57. The van der Waals surface area contributed by atoms with Gasteiger partial charge < -0.3 is 0 Å². The van der Waals surface area contributed by atoms with Crippen molar-refractivity contribution in [3.05, 3.63) is 50.3 Å². The Balaban J connectivity index is 2.14. The fourth-order valence-electron chi connectivity index (χ4n) is 1.33. The first kappa shape index (κ1) is 11.8. The van der Waals surface area contributed by atoms with E-state index >= 15 is 0 Å². The first-order valence-electron chi connectivity index (χ1n) is 4.62. The summed E-state index contributed by atoms with van der Waals surface area (Å²) in [6.45, 7) is 0.277. The minimum absolute atomic E-state index is 0.0563. The summed E-state index contributed by atoms with van der Waals surface area (Å²) in [7, 11) is 0. The van der Waals surface area contributed by atoms with Crippen LogP contribution in [0.15, 0.2) is 41.1 Å². The number of ketones is 1. The van der Waals surface area contributed by atoms with Crippen LogP contribution >= 0.6 is 38.5 Å². The fraction of sp³-hybridized carbons (Fsp3) is 0.0909. The Hall–Kier alpha value is -0.690. The normalized spacial score (nSPS) is 10.4. The number of aromatic nitrogens is 2. The van der Waals surface area contributed by atoms with Gasteiger partial charge in [0, 0.05) is 16.2 Å². The number of halogens is 2. The molecule has 0 unspecified atom stereocenters. The highest BCUT2D eigenvalue weighted by atomic mass is 127. The van der Waals surface area contributed by atoms with Gasteiger partial charge in [-0.3, -0.25) is 9.48 Å². The van der Waals surface area contributed by atoms with Gasteiger partial charge in [0.1, 0.15) is 6.54 Å². The van der Waals surface area contributed by atoms with E-state index in [0.717, 1.165) is 8.04 Å². The van der Waals surface area contributed by atoms with Crippen molar-refractivity contribution in [3.8, 4) is 0 Å². The fourth-order valence-corrected chi connectivity index (χ4v) is 2.17. The summed E-state index contributed by atoms with van der Waals surface area (Å²) in [5, 5.41) is 4.08. The van der Waals surface area contributed by atoms with E-state index in [1.165, 1.54) is 0 Å². The lowest BCUT2D eigenvalue weighted by Crippen LogP contribution is -2.10. The van der Waals surface area contributed by atoms with Crippen LogP contribution in [0.25, 0.3) is 0 Å². The molecule has 0 radical (unpaired) electrons. The summed E-state index contributed by atoms with van der Waals surface area (Å²) in [6, 6.07) is 7.37. The summed E-state index contributed by atoms with van der Waals surface area (Å²) in [5.41, 5.74) is 0.694. The molecule has 1 aromatic heterocycles. The summed E-state index contributed by atoms with van der Waals surface area (Å²) < 4.78 is 3.58. The van der Waals surface area contributed by atoms with Crippen molar-refractivity contribution in [3.63, 3.8) is 0 Å². The van der Waals surface area contributed by atoms with Gasteiger partial charge in [-0.25, -0.2) is 0 Å². The molecular formula is C11H8BrIN2O. The molecule has 0 atom stereocenters. The van der Waals surface area contributed by atoms with Crippen LogP contribution < -0.4 is 0 Å². The summed E-state index contributed by atoms with van der Waals surface area (Å²) in [4.78, 5) is 11.9. The molecule has 0 fully saturated rings. The number of carbonyl (C=O) groups is 1. The molecule has 1 heterocycles. The van der Waals surface area contributed by atoms with Crippen LogP contribution in [0.5, 0.6) is 0 Å². The molecule has 2 aromatic rings. The van der Waals surface area contributed by atoms with Gasteiger partial charge in [-0.05, 0) is 34.7 Å². The molecule has 0 bridgehead atoms. The van der Waals surface area contributed by atoms with Crippen LogP contribution in [0.4, 0.5) is 0 Å². The molecule has 0 amide bonds. The second-order valence-electron chi connectivity index (χ2n) is 3.29. The van der Waals surface area contributed by atoms with E-state index in [-0.39, 0.29) is 12.3 Å². The van der Waals surface area contributed by atoms with E-state index in [0.29, 0.717) is 5.56 Å². The minimum Gasteiger partial charge on any atom is -0.292 e. The van der Waals surface area contributed by atoms with E-state index in [1.807, 2.05) is 30.5 Å². The van der Waals surface area contributed by atoms with Gasteiger partial charge in [-0.2, -0.15) is 5.10 Å². The van der Waals surface area contributed by atoms with Gasteiger partial charge in [0.25, 0.3) is 0 Å². The molecule has 5 heteroatoms. The third-order valence-electron chi connectivity index (χ3n) is 2.05. The van der Waals surface area contributed by atoms with Crippen LogP contribution in [0.1, 0.15) is 10.4 Å². The average molecular weight is 391 g/mol. The Morgan fingerprint density at radius 3 is 2.94 bits per heavy atom. The molecule has 1 aromatic carbocycles. The smallest absolute Gasteiger partial charge is 0.184 e. The second-order valence-corrected chi connectivity index (χ2v) is 5.45. The summed E-state index contributed by atoms with van der Waals surface area (Å²) >= 11 is 5.51. The van der Waals surface area contributed by atoms with Crippen molar-refractivity contribution >= 4 is 44.3 Å². The van der Waals surface area contributed by atoms with E-state index in [9.17, 15) is 4.79 Å². The van der Waals surface area contributed by atoms with Crippen molar-refractivity contribution in [1.29, 1.82) is 0 Å². The Labute approximate surface area is 115 Å². The maximum Gasteiger partial charge on any atom is 0.184 e. The van der Waals surface area contributed by atoms with Gasteiger partial charge in [0.05, 0.1) is 9.77 Å². The molecule has 2 rings (SSSR count). The molecule has 0 aliphatic rings. The zero-order valence-electron chi connectivity index (χ0n) is 8.23. The van der Waals surface area contributed by atoms with Crippen LogP contribution in [-0.4, -0.2) is 15.6 Å². The predicted octanol–water partition coefficient (Wildman–Crippen LogP) is 3.13. The standard InChI is InChI=1S/C11H8BrIN2O/c12-9-3-1-2-8(4-9)11(16)7-15-6-10(13)5-14-15/h1-6H,7H2. The van der Waals surface area contributed by atoms with Gasteiger partial charge in [0.2, 0.25) is 0 Å². The van der Waals surface area contributed by atoms with Gasteiger partial charge >= 0.3 is 0 Å². The van der Waals surface area contributed by atoms with Crippen molar-refractivity contribution in [2.45, 2.75) is 6.54 Å². The van der Waals surface area contributed by atoms with E-state index in [2.05, 4.69) is 43.6 Å². The summed E-state index contributed by atoms with van der Waals surface area (Å²) in [5.74, 6) is 0.0563. The quantitative estimate of drug-likeness (QED) is 0.596. The number of carbonyl (C=O) groups excluding carboxylic acids is 1. The average Bonchev–Trinajstić information content (AvgIpc) is 2.64. The molecule has 16 heavy (non-hydrogen) atoms. The molecule has 82 valence electrons. The van der Waals surface area contributed by atoms with E-state index in [1.54, 1.807) is 10.9 Å². The molecule has 0 N–H and O–H groups in total. The molecule has 0 saturated carbocycles. The highest BCUT2D eigenvalue weighted by molar-refractivity contribution is 14.1. The highest BCUT2D eigenvalue weighted by Crippen LogP contribution is 2.12. The number of rotatable bonds is 3. The topological polar surface area (TPSA) is 34.9 Å². The highest BCUT2D eigenvalue weighted by Gasteiger charge is 2.07. The zero-order chi connectivity index (χ0) is 11.5. The molecule has 0 spiro atoms. The molecular weight excluding hydrogens is 383 g/mol. The van der Waals surface area contributed by atoms with Crippen LogP contribution in [-0.2, 0) is 6.54 Å². The Morgan fingerprint density at radius 2 is 2.31 bits per heavy atom.